The zero-order valence-electron chi connectivity index (χ0n) is 14.3. The summed E-state index contributed by atoms with van der Waals surface area (Å²) < 4.78 is 15.7. The van der Waals surface area contributed by atoms with Gasteiger partial charge in [0.1, 0.15) is 5.75 Å². The molecule has 0 aliphatic carbocycles. The van der Waals surface area contributed by atoms with Crippen molar-refractivity contribution in [2.45, 2.75) is 0 Å². The Kier molecular flexibility index (Phi) is 9.03. The van der Waals surface area contributed by atoms with Crippen molar-refractivity contribution >= 4 is 30.2 Å². The van der Waals surface area contributed by atoms with Crippen LogP contribution in [0.15, 0.2) is 71.7 Å². The molecule has 1 atom stereocenters. The van der Waals surface area contributed by atoms with Crippen LogP contribution in [0.5, 0.6) is 5.75 Å². The fourth-order valence-electron chi connectivity index (χ4n) is 2.27. The summed E-state index contributed by atoms with van der Waals surface area (Å²) in [6, 6.07) is 18.4. The zero-order valence-corrected chi connectivity index (χ0v) is 19.2. The Bertz CT molecular complexity index is 960. The molecule has 0 heterocycles. The maximum Gasteiger partial charge on any atom is 1.00 e. The van der Waals surface area contributed by atoms with E-state index in [1.165, 1.54) is 12.1 Å². The maximum atomic E-state index is 12.4. The Hall–Kier alpha value is -0.660. The number of hydrogen-bond donors (Lipinski definition) is 1. The second-order valence-corrected chi connectivity index (χ2v) is 6.13. The molecule has 3 aromatic rings. The number of fused-ring (bicyclic) bond motifs is 1. The third-order valence-corrected chi connectivity index (χ3v) is 3.71. The van der Waals surface area contributed by atoms with Gasteiger partial charge in [-0.1, -0.05) is 42.5 Å². The molecule has 26 heavy (non-hydrogen) atoms. The summed E-state index contributed by atoms with van der Waals surface area (Å²) in [7, 11) is -5.06. The van der Waals surface area contributed by atoms with Gasteiger partial charge in [-0.3, -0.25) is 9.56 Å². The predicted molar refractivity (Wildman–Crippen MR) is 87.0 cm³/mol. The van der Waals surface area contributed by atoms with Crippen molar-refractivity contribution in [1.82, 2.24) is 0 Å². The van der Waals surface area contributed by atoms with Crippen molar-refractivity contribution in [2.24, 2.45) is 4.99 Å². The van der Waals surface area contributed by atoms with E-state index in [1.807, 2.05) is 0 Å². The van der Waals surface area contributed by atoms with E-state index in [4.69, 9.17) is 4.89 Å². The number of phosphoric ester groups is 1. The van der Waals surface area contributed by atoms with E-state index in [0.29, 0.717) is 11.1 Å². The van der Waals surface area contributed by atoms with Gasteiger partial charge in [0, 0.05) is 5.56 Å². The van der Waals surface area contributed by atoms with Crippen molar-refractivity contribution in [3.05, 3.63) is 72.3 Å². The Labute approximate surface area is 194 Å². The average Bonchev–Trinajstić information content (AvgIpc) is 2.53. The van der Waals surface area contributed by atoms with Crippen LogP contribution in [0.1, 0.15) is 5.56 Å². The first-order valence-corrected chi connectivity index (χ1v) is 8.49. The Balaban J connectivity index is 0.00000169. The smallest absolute Gasteiger partial charge is 0.858 e. The van der Waals surface area contributed by atoms with Gasteiger partial charge in [0.15, 0.2) is 0 Å². The molecule has 9 heteroatoms. The predicted octanol–water partition coefficient (Wildman–Crippen LogP) is -3.87. The molecule has 0 saturated carbocycles. The molecule has 0 saturated heterocycles. The van der Waals surface area contributed by atoms with E-state index in [2.05, 4.69) is 9.52 Å². The van der Waals surface area contributed by atoms with Crippen molar-refractivity contribution in [2.75, 3.05) is 0 Å². The second kappa shape index (κ2) is 10.0. The molecule has 0 aromatic heterocycles. The third-order valence-electron chi connectivity index (χ3n) is 3.28. The summed E-state index contributed by atoms with van der Waals surface area (Å²) in [6.07, 6.45) is 0. The van der Waals surface area contributed by atoms with Crippen molar-refractivity contribution < 1.29 is 83.1 Å². The molecular weight excluding hydrogens is 375 g/mol. The summed E-state index contributed by atoms with van der Waals surface area (Å²) in [6.45, 7) is 0. The number of para-hydroxylation sites is 1. The number of aliphatic imine (C=N–C) groups is 1. The second-order valence-electron chi connectivity index (χ2n) is 5.01. The minimum Gasteiger partial charge on any atom is -0.858 e. The number of rotatable bonds is 4. The van der Waals surface area contributed by atoms with Crippen LogP contribution in [-0.2, 0) is 4.57 Å². The van der Waals surface area contributed by atoms with E-state index in [-0.39, 0.29) is 70.4 Å². The van der Waals surface area contributed by atoms with E-state index in [0.717, 1.165) is 5.39 Å². The number of hydrogen-bond acceptors (Lipinski definition) is 5. The summed E-state index contributed by atoms with van der Waals surface area (Å²) in [5.41, 5.74) is 0.374. The standard InChI is InChI=1S/C17H14NO5P.2Na/c19-17(18-14-8-2-1-3-9-14)15-10-12-6-4-5-7-13(12)11-16(15)23-24(20,21)22;;/h1-11H,(H,18,19)(H2,20,21,22);;/q;2*+1/p-2. The third kappa shape index (κ3) is 6.20. The maximum absolute atomic E-state index is 12.4. The van der Waals surface area contributed by atoms with Gasteiger partial charge in [-0.05, 0) is 40.9 Å². The number of benzene rings is 3. The van der Waals surface area contributed by atoms with Crippen LogP contribution in [0.25, 0.3) is 10.8 Å². The van der Waals surface area contributed by atoms with E-state index in [9.17, 15) is 14.6 Å². The van der Waals surface area contributed by atoms with Crippen LogP contribution >= 0.6 is 7.82 Å². The average molecular weight is 387 g/mol. The summed E-state index contributed by atoms with van der Waals surface area (Å²) in [4.78, 5) is 24.0. The van der Waals surface area contributed by atoms with Gasteiger partial charge in [-0.25, -0.2) is 0 Å². The molecule has 1 N–H and O–H groups in total. The van der Waals surface area contributed by atoms with Gasteiger partial charge < -0.3 is 19.4 Å². The molecule has 3 aromatic carbocycles. The van der Waals surface area contributed by atoms with Crippen molar-refractivity contribution in [3.63, 3.8) is 0 Å². The van der Waals surface area contributed by atoms with Crippen molar-refractivity contribution in [1.29, 1.82) is 0 Å². The quantitative estimate of drug-likeness (QED) is 0.214. The summed E-state index contributed by atoms with van der Waals surface area (Å²) >= 11 is 0. The van der Waals surface area contributed by atoms with Crippen molar-refractivity contribution in [3.8, 4) is 5.75 Å². The Morgan fingerprint density at radius 3 is 2.08 bits per heavy atom. The molecule has 0 fully saturated rings. The van der Waals surface area contributed by atoms with E-state index in [1.54, 1.807) is 54.6 Å². The normalized spacial score (nSPS) is 13.2. The first-order valence-electron chi connectivity index (χ1n) is 7.00. The number of phosphoric acid groups is 1. The fourth-order valence-corrected chi connectivity index (χ4v) is 2.67. The van der Waals surface area contributed by atoms with Gasteiger partial charge >= 0.3 is 66.9 Å². The van der Waals surface area contributed by atoms with Crippen LogP contribution in [-0.4, -0.2) is 10.8 Å². The number of nitrogens with zero attached hydrogens (tertiary/aromatic N) is 1. The molecule has 0 radical (unpaired) electrons. The molecular formula is C17H12NNa2O5P. The zero-order chi connectivity index (χ0) is 17.2. The minimum absolute atomic E-state index is 0. The van der Waals surface area contributed by atoms with Crippen LogP contribution in [0.2, 0.25) is 0 Å². The van der Waals surface area contributed by atoms with Crippen LogP contribution in [0.4, 0.5) is 5.69 Å². The summed E-state index contributed by atoms with van der Waals surface area (Å²) in [5.74, 6) is -0.936. The fraction of sp³-hybridized carbons (Fsp3) is 0. The topological polar surface area (TPSA) is 105 Å². The van der Waals surface area contributed by atoms with Gasteiger partial charge in [-0.15, -0.1) is 0 Å². The monoisotopic (exact) mass is 387 g/mol. The SMILES string of the molecule is O=P([O-])(O)Oc1cc2ccccc2cc1C([O-])=Nc1ccccc1.[Na+].[Na+]. The van der Waals surface area contributed by atoms with Crippen LogP contribution in [0, 0.1) is 0 Å². The molecule has 0 spiro atoms. The van der Waals surface area contributed by atoms with Gasteiger partial charge in [0.05, 0.1) is 5.69 Å². The van der Waals surface area contributed by atoms with Gasteiger partial charge in [0.25, 0.3) is 0 Å². The van der Waals surface area contributed by atoms with Crippen LogP contribution in [0.3, 0.4) is 0 Å². The van der Waals surface area contributed by atoms with Crippen LogP contribution < -0.4 is 73.6 Å². The van der Waals surface area contributed by atoms with E-state index >= 15 is 0 Å². The minimum atomic E-state index is -5.06. The molecule has 0 bridgehead atoms. The molecule has 3 rings (SSSR count). The van der Waals surface area contributed by atoms with Gasteiger partial charge in [0.2, 0.25) is 0 Å². The summed E-state index contributed by atoms with van der Waals surface area (Å²) in [5, 5.41) is 13.8. The molecule has 1 unspecified atom stereocenters. The first-order chi connectivity index (χ1) is 11.4. The largest absolute Gasteiger partial charge is 1.00 e. The van der Waals surface area contributed by atoms with E-state index < -0.39 is 13.7 Å². The Morgan fingerprint density at radius 2 is 1.50 bits per heavy atom. The first kappa shape index (κ1) is 23.4. The molecule has 122 valence electrons. The molecule has 0 aliphatic rings. The molecule has 0 aliphatic heterocycles. The molecule has 0 amide bonds. The molecule has 6 nitrogen and oxygen atoms in total. The van der Waals surface area contributed by atoms with Gasteiger partial charge in [-0.2, -0.15) is 0 Å². The Morgan fingerprint density at radius 1 is 0.962 bits per heavy atom.